The zero-order valence-electron chi connectivity index (χ0n) is 17.2. The number of hydrogen-bond acceptors (Lipinski definition) is 4. The second kappa shape index (κ2) is 10.0. The molecule has 0 radical (unpaired) electrons. The lowest BCUT2D eigenvalue weighted by Crippen LogP contribution is -2.48. The fourth-order valence-corrected chi connectivity index (χ4v) is 4.23. The van der Waals surface area contributed by atoms with E-state index in [0.29, 0.717) is 19.7 Å². The topological polar surface area (TPSA) is 53.1 Å². The van der Waals surface area contributed by atoms with Crippen molar-refractivity contribution in [3.8, 4) is 0 Å². The van der Waals surface area contributed by atoms with Crippen LogP contribution in [0.2, 0.25) is 0 Å². The van der Waals surface area contributed by atoms with Gasteiger partial charge in [0.25, 0.3) is 0 Å². The lowest BCUT2D eigenvalue weighted by molar-refractivity contribution is -0.139. The molecule has 0 aliphatic carbocycles. The van der Waals surface area contributed by atoms with Crippen LogP contribution in [0.25, 0.3) is 0 Å². The van der Waals surface area contributed by atoms with Crippen molar-refractivity contribution in [3.05, 3.63) is 35.4 Å². The molecule has 0 bridgehead atoms. The van der Waals surface area contributed by atoms with Gasteiger partial charge >= 0.3 is 0 Å². The van der Waals surface area contributed by atoms with Gasteiger partial charge in [-0.1, -0.05) is 24.3 Å². The van der Waals surface area contributed by atoms with E-state index in [1.54, 1.807) is 7.11 Å². The van der Waals surface area contributed by atoms with Gasteiger partial charge in [-0.05, 0) is 50.5 Å². The van der Waals surface area contributed by atoms with E-state index in [9.17, 15) is 9.59 Å². The Morgan fingerprint density at radius 2 is 1.82 bits per heavy atom. The molecule has 6 nitrogen and oxygen atoms in total. The van der Waals surface area contributed by atoms with E-state index in [2.05, 4.69) is 24.1 Å². The first-order valence-electron chi connectivity index (χ1n) is 10.4. The molecule has 1 fully saturated rings. The SMILES string of the molecule is COCCN(C(=O)CCC(=O)N1CCc2ccccc2C1)C1CCN(C)CC1. The van der Waals surface area contributed by atoms with E-state index < -0.39 is 0 Å². The Morgan fingerprint density at radius 3 is 2.54 bits per heavy atom. The molecule has 0 unspecified atom stereocenters. The maximum atomic E-state index is 12.9. The number of carbonyl (C=O) groups is 2. The number of rotatable bonds is 7. The van der Waals surface area contributed by atoms with Crippen LogP contribution < -0.4 is 0 Å². The molecule has 0 saturated carbocycles. The van der Waals surface area contributed by atoms with Crippen LogP contribution in [0, 0.1) is 0 Å². The van der Waals surface area contributed by atoms with Crippen molar-refractivity contribution in [1.29, 1.82) is 0 Å². The van der Waals surface area contributed by atoms with E-state index in [4.69, 9.17) is 4.74 Å². The average molecular weight is 388 g/mol. The van der Waals surface area contributed by atoms with Gasteiger partial charge in [-0.15, -0.1) is 0 Å². The molecule has 6 heteroatoms. The number of nitrogens with zero attached hydrogens (tertiary/aromatic N) is 3. The number of piperidine rings is 1. The summed E-state index contributed by atoms with van der Waals surface area (Å²) in [6.45, 7) is 4.56. The summed E-state index contributed by atoms with van der Waals surface area (Å²) in [5, 5.41) is 0. The fourth-order valence-electron chi connectivity index (χ4n) is 4.23. The quantitative estimate of drug-likeness (QED) is 0.717. The minimum Gasteiger partial charge on any atom is -0.383 e. The molecular weight excluding hydrogens is 354 g/mol. The molecule has 0 atom stereocenters. The zero-order valence-corrected chi connectivity index (χ0v) is 17.2. The van der Waals surface area contributed by atoms with E-state index in [0.717, 1.165) is 38.9 Å². The average Bonchev–Trinajstić information content (AvgIpc) is 2.73. The fraction of sp³-hybridized carbons (Fsp3) is 0.636. The Labute approximate surface area is 168 Å². The van der Waals surface area contributed by atoms with Crippen molar-refractivity contribution in [1.82, 2.24) is 14.7 Å². The third-order valence-corrected chi connectivity index (χ3v) is 6.02. The monoisotopic (exact) mass is 387 g/mol. The molecule has 2 aliphatic heterocycles. The van der Waals surface area contributed by atoms with Crippen LogP contribution in [-0.2, 0) is 27.3 Å². The molecule has 0 spiro atoms. The summed E-state index contributed by atoms with van der Waals surface area (Å²) in [5.41, 5.74) is 2.55. The first kappa shape index (κ1) is 20.8. The molecular formula is C22H33N3O3. The van der Waals surface area contributed by atoms with Gasteiger partial charge in [0.1, 0.15) is 0 Å². The Balaban J connectivity index is 1.52. The Hall–Kier alpha value is -1.92. The van der Waals surface area contributed by atoms with Crippen molar-refractivity contribution >= 4 is 11.8 Å². The molecule has 1 saturated heterocycles. The predicted octanol–water partition coefficient (Wildman–Crippen LogP) is 1.92. The summed E-state index contributed by atoms with van der Waals surface area (Å²) in [7, 11) is 3.78. The first-order chi connectivity index (χ1) is 13.6. The van der Waals surface area contributed by atoms with Crippen molar-refractivity contribution < 1.29 is 14.3 Å². The molecule has 0 aromatic heterocycles. The third-order valence-electron chi connectivity index (χ3n) is 6.02. The molecule has 154 valence electrons. The van der Waals surface area contributed by atoms with Gasteiger partial charge in [0.05, 0.1) is 6.61 Å². The van der Waals surface area contributed by atoms with Gasteiger partial charge in [0, 0.05) is 45.6 Å². The van der Waals surface area contributed by atoms with Crippen molar-refractivity contribution in [2.45, 2.75) is 44.7 Å². The van der Waals surface area contributed by atoms with Crippen molar-refractivity contribution in [2.24, 2.45) is 0 Å². The number of ether oxygens (including phenoxy) is 1. The van der Waals surface area contributed by atoms with Crippen LogP contribution >= 0.6 is 0 Å². The molecule has 28 heavy (non-hydrogen) atoms. The molecule has 3 rings (SSSR count). The first-order valence-corrected chi connectivity index (χ1v) is 10.4. The van der Waals surface area contributed by atoms with Gasteiger partial charge in [0.2, 0.25) is 11.8 Å². The van der Waals surface area contributed by atoms with Crippen LogP contribution in [0.1, 0.15) is 36.8 Å². The lowest BCUT2D eigenvalue weighted by atomic mass is 9.99. The van der Waals surface area contributed by atoms with Crippen LogP contribution in [-0.4, -0.2) is 79.5 Å². The minimum atomic E-state index is 0.0809. The second-order valence-electron chi connectivity index (χ2n) is 7.95. The highest BCUT2D eigenvalue weighted by atomic mass is 16.5. The third kappa shape index (κ3) is 5.32. The van der Waals surface area contributed by atoms with E-state index >= 15 is 0 Å². The molecule has 2 aliphatic rings. The molecule has 2 amide bonds. The Kier molecular flexibility index (Phi) is 7.45. The van der Waals surface area contributed by atoms with Gasteiger partial charge < -0.3 is 19.4 Å². The smallest absolute Gasteiger partial charge is 0.223 e. The second-order valence-corrected chi connectivity index (χ2v) is 7.95. The summed E-state index contributed by atoms with van der Waals surface area (Å²) in [5.74, 6) is 0.162. The zero-order chi connectivity index (χ0) is 19.9. The normalized spacial score (nSPS) is 18.0. The standard InChI is InChI=1S/C22H33N3O3/c1-23-12-10-20(11-13-23)25(15-16-28-2)22(27)8-7-21(26)24-14-9-18-5-3-4-6-19(18)17-24/h3-6,20H,7-17H2,1-2H3. The van der Waals surface area contributed by atoms with E-state index in [-0.39, 0.29) is 30.7 Å². The molecule has 2 heterocycles. The summed E-state index contributed by atoms with van der Waals surface area (Å²) >= 11 is 0. The molecule has 1 aromatic carbocycles. The molecule has 0 N–H and O–H groups in total. The summed E-state index contributed by atoms with van der Waals surface area (Å²) in [6, 6.07) is 8.55. The minimum absolute atomic E-state index is 0.0809. The van der Waals surface area contributed by atoms with Crippen molar-refractivity contribution in [2.75, 3.05) is 46.9 Å². The maximum Gasteiger partial charge on any atom is 0.223 e. The van der Waals surface area contributed by atoms with E-state index in [1.165, 1.54) is 11.1 Å². The number of methoxy groups -OCH3 is 1. The van der Waals surface area contributed by atoms with E-state index in [1.807, 2.05) is 21.9 Å². The number of hydrogen-bond donors (Lipinski definition) is 0. The number of fused-ring (bicyclic) bond motifs is 1. The number of likely N-dealkylation sites (tertiary alicyclic amines) is 1. The highest BCUT2D eigenvalue weighted by Crippen LogP contribution is 2.20. The highest BCUT2D eigenvalue weighted by Gasteiger charge is 2.28. The predicted molar refractivity (Wildman–Crippen MR) is 109 cm³/mol. The maximum absolute atomic E-state index is 12.9. The highest BCUT2D eigenvalue weighted by molar-refractivity contribution is 5.84. The van der Waals surface area contributed by atoms with Gasteiger partial charge in [-0.3, -0.25) is 9.59 Å². The molecule has 1 aromatic rings. The number of benzene rings is 1. The van der Waals surface area contributed by atoms with Gasteiger partial charge in [0.15, 0.2) is 0 Å². The lowest BCUT2D eigenvalue weighted by Gasteiger charge is -2.37. The van der Waals surface area contributed by atoms with Crippen LogP contribution in [0.3, 0.4) is 0 Å². The number of amides is 2. The summed E-state index contributed by atoms with van der Waals surface area (Å²) in [6.07, 6.45) is 3.45. The summed E-state index contributed by atoms with van der Waals surface area (Å²) in [4.78, 5) is 31.7. The number of carbonyl (C=O) groups excluding carboxylic acids is 2. The summed E-state index contributed by atoms with van der Waals surface area (Å²) < 4.78 is 5.21. The van der Waals surface area contributed by atoms with Crippen LogP contribution in [0.4, 0.5) is 0 Å². The Bertz CT molecular complexity index is 671. The largest absolute Gasteiger partial charge is 0.383 e. The van der Waals surface area contributed by atoms with Crippen LogP contribution in [0.5, 0.6) is 0 Å². The van der Waals surface area contributed by atoms with Crippen LogP contribution in [0.15, 0.2) is 24.3 Å². The van der Waals surface area contributed by atoms with Crippen molar-refractivity contribution in [3.63, 3.8) is 0 Å². The van der Waals surface area contributed by atoms with Gasteiger partial charge in [-0.25, -0.2) is 0 Å². The Morgan fingerprint density at radius 1 is 1.11 bits per heavy atom. The van der Waals surface area contributed by atoms with Gasteiger partial charge in [-0.2, -0.15) is 0 Å².